The first-order valence-electron chi connectivity index (χ1n) is 9.30. The molecule has 1 aliphatic heterocycles. The van der Waals surface area contributed by atoms with Crippen molar-refractivity contribution < 1.29 is 14.0 Å². The van der Waals surface area contributed by atoms with Crippen molar-refractivity contribution in [1.82, 2.24) is 15.2 Å². The van der Waals surface area contributed by atoms with Crippen LogP contribution in [-0.2, 0) is 0 Å². The molecule has 0 saturated carbocycles. The Labute approximate surface area is 158 Å². The van der Waals surface area contributed by atoms with Crippen molar-refractivity contribution in [3.05, 3.63) is 64.7 Å². The molecule has 27 heavy (non-hydrogen) atoms. The molecule has 1 fully saturated rings. The van der Waals surface area contributed by atoms with Gasteiger partial charge in [0.15, 0.2) is 0 Å². The number of likely N-dealkylation sites (tertiary alicyclic amines) is 1. The van der Waals surface area contributed by atoms with Gasteiger partial charge >= 0.3 is 0 Å². The molecule has 2 aromatic rings. The second-order valence-corrected chi connectivity index (χ2v) is 6.82. The number of nitrogens with one attached hydrogen (secondary N) is 1. The van der Waals surface area contributed by atoms with E-state index in [-0.39, 0.29) is 23.5 Å². The first kappa shape index (κ1) is 19.0. The smallest absolute Gasteiger partial charge is 0.253 e. The normalized spacial score (nSPS) is 14.9. The minimum Gasteiger partial charge on any atom is -0.352 e. The molecule has 1 N–H and O–H groups in total. The fraction of sp³-hybridized carbons (Fsp3) is 0.381. The number of aryl methyl sites for hydroxylation is 1. The van der Waals surface area contributed by atoms with Crippen LogP contribution in [0.15, 0.2) is 36.4 Å². The summed E-state index contributed by atoms with van der Waals surface area (Å²) in [5, 5.41) is 2.84. The van der Waals surface area contributed by atoms with E-state index in [4.69, 9.17) is 0 Å². The van der Waals surface area contributed by atoms with Crippen molar-refractivity contribution in [1.29, 1.82) is 0 Å². The fourth-order valence-electron chi connectivity index (χ4n) is 3.47. The van der Waals surface area contributed by atoms with Gasteiger partial charge in [0.05, 0.1) is 11.3 Å². The summed E-state index contributed by atoms with van der Waals surface area (Å²) < 4.78 is 13.1. The van der Waals surface area contributed by atoms with E-state index in [1.807, 2.05) is 26.0 Å². The number of rotatable bonds is 4. The third kappa shape index (κ3) is 4.32. The number of hydrogen-bond donors (Lipinski definition) is 1. The van der Waals surface area contributed by atoms with Crippen LogP contribution >= 0.6 is 0 Å². The minimum absolute atomic E-state index is 0.0883. The predicted molar refractivity (Wildman–Crippen MR) is 101 cm³/mol. The molecular formula is C21H24FN3O2. The Kier molecular flexibility index (Phi) is 5.84. The highest BCUT2D eigenvalue weighted by Gasteiger charge is 2.28. The number of nitrogens with zero attached hydrogens (tertiary/aromatic N) is 2. The molecule has 5 nitrogen and oxygen atoms in total. The summed E-state index contributed by atoms with van der Waals surface area (Å²) in [7, 11) is 0. The predicted octanol–water partition coefficient (Wildman–Crippen LogP) is 3.30. The number of benzene rings is 1. The van der Waals surface area contributed by atoms with Crippen molar-refractivity contribution in [3.8, 4) is 0 Å². The number of carbonyl (C=O) groups is 2. The molecule has 0 radical (unpaired) electrons. The summed E-state index contributed by atoms with van der Waals surface area (Å²) in [4.78, 5) is 31.4. The third-order valence-corrected chi connectivity index (χ3v) is 4.91. The second-order valence-electron chi connectivity index (χ2n) is 6.82. The van der Waals surface area contributed by atoms with Crippen LogP contribution in [0.3, 0.4) is 0 Å². The summed E-state index contributed by atoms with van der Waals surface area (Å²) in [5.74, 6) is -0.409. The van der Waals surface area contributed by atoms with Crippen LogP contribution in [0.5, 0.6) is 0 Å². The molecule has 0 aliphatic carbocycles. The molecule has 1 aromatic carbocycles. The molecule has 0 bridgehead atoms. The van der Waals surface area contributed by atoms with Crippen molar-refractivity contribution in [2.24, 2.45) is 0 Å². The van der Waals surface area contributed by atoms with Gasteiger partial charge in [-0.3, -0.25) is 14.6 Å². The Balaban J connectivity index is 1.72. The Bertz CT molecular complexity index is 828. The van der Waals surface area contributed by atoms with Gasteiger partial charge in [0.2, 0.25) is 0 Å². The van der Waals surface area contributed by atoms with Crippen molar-refractivity contribution in [2.45, 2.75) is 32.6 Å². The van der Waals surface area contributed by atoms with E-state index in [1.165, 1.54) is 24.3 Å². The Morgan fingerprint density at radius 3 is 2.44 bits per heavy atom. The van der Waals surface area contributed by atoms with Gasteiger partial charge in [-0.15, -0.1) is 0 Å². The highest BCUT2D eigenvalue weighted by atomic mass is 19.1. The van der Waals surface area contributed by atoms with Gasteiger partial charge in [-0.1, -0.05) is 0 Å². The van der Waals surface area contributed by atoms with Gasteiger partial charge in [-0.05, 0) is 63.1 Å². The number of carbonyl (C=O) groups excluding carboxylic acids is 2. The van der Waals surface area contributed by atoms with Gasteiger partial charge in [0.1, 0.15) is 5.82 Å². The Hall–Kier alpha value is -2.76. The standard InChI is InChI=1S/C21H24FN3O2/c1-3-23-20(26)18-9-4-14(2)24-19(18)15-10-12-25(13-11-15)21(27)16-5-7-17(22)8-6-16/h4-9,15H,3,10-13H2,1-2H3,(H,23,26). The van der Waals surface area contributed by atoms with Gasteiger partial charge in [-0.2, -0.15) is 0 Å². The second kappa shape index (κ2) is 8.29. The summed E-state index contributed by atoms with van der Waals surface area (Å²) in [6.45, 7) is 5.55. The number of aromatic nitrogens is 1. The highest BCUT2D eigenvalue weighted by Crippen LogP contribution is 2.30. The molecule has 1 saturated heterocycles. The molecule has 2 heterocycles. The maximum Gasteiger partial charge on any atom is 0.253 e. The van der Waals surface area contributed by atoms with Crippen molar-refractivity contribution in [3.63, 3.8) is 0 Å². The van der Waals surface area contributed by atoms with Gasteiger partial charge < -0.3 is 10.2 Å². The van der Waals surface area contributed by atoms with Gasteiger partial charge in [0, 0.05) is 36.8 Å². The molecule has 6 heteroatoms. The average molecular weight is 369 g/mol. The molecule has 2 amide bonds. The number of hydrogen-bond acceptors (Lipinski definition) is 3. The van der Waals surface area contributed by atoms with Crippen LogP contribution in [0.2, 0.25) is 0 Å². The summed E-state index contributed by atoms with van der Waals surface area (Å²) in [6, 6.07) is 9.31. The molecular weight excluding hydrogens is 345 g/mol. The molecule has 1 aliphatic rings. The molecule has 1 aromatic heterocycles. The van der Waals surface area contributed by atoms with E-state index in [2.05, 4.69) is 10.3 Å². The molecule has 0 spiro atoms. The minimum atomic E-state index is -0.353. The van der Waals surface area contributed by atoms with Crippen LogP contribution in [0.1, 0.15) is 57.8 Å². The van der Waals surface area contributed by atoms with E-state index < -0.39 is 0 Å². The number of pyridine rings is 1. The third-order valence-electron chi connectivity index (χ3n) is 4.91. The largest absolute Gasteiger partial charge is 0.352 e. The summed E-state index contributed by atoms with van der Waals surface area (Å²) in [6.07, 6.45) is 1.49. The van der Waals surface area contributed by atoms with Crippen LogP contribution < -0.4 is 5.32 Å². The van der Waals surface area contributed by atoms with Crippen LogP contribution in [0.25, 0.3) is 0 Å². The zero-order valence-corrected chi connectivity index (χ0v) is 15.7. The van der Waals surface area contributed by atoms with Gasteiger partial charge in [0.25, 0.3) is 11.8 Å². The lowest BCUT2D eigenvalue weighted by atomic mass is 9.89. The lowest BCUT2D eigenvalue weighted by Gasteiger charge is -2.32. The topological polar surface area (TPSA) is 62.3 Å². The Morgan fingerprint density at radius 2 is 1.81 bits per heavy atom. The lowest BCUT2D eigenvalue weighted by molar-refractivity contribution is 0.0710. The van der Waals surface area contributed by atoms with E-state index in [9.17, 15) is 14.0 Å². The Morgan fingerprint density at radius 1 is 1.15 bits per heavy atom. The van der Waals surface area contributed by atoms with E-state index in [0.717, 1.165) is 24.2 Å². The fourth-order valence-corrected chi connectivity index (χ4v) is 3.47. The first-order valence-corrected chi connectivity index (χ1v) is 9.30. The quantitative estimate of drug-likeness (QED) is 0.899. The summed E-state index contributed by atoms with van der Waals surface area (Å²) >= 11 is 0. The van der Waals surface area contributed by atoms with Gasteiger partial charge in [-0.25, -0.2) is 4.39 Å². The monoisotopic (exact) mass is 369 g/mol. The van der Waals surface area contributed by atoms with E-state index in [0.29, 0.717) is 30.8 Å². The lowest BCUT2D eigenvalue weighted by Crippen LogP contribution is -2.38. The number of piperidine rings is 1. The molecule has 0 atom stereocenters. The van der Waals surface area contributed by atoms with Crippen LogP contribution in [-0.4, -0.2) is 41.3 Å². The van der Waals surface area contributed by atoms with E-state index >= 15 is 0 Å². The maximum atomic E-state index is 13.1. The molecule has 3 rings (SSSR count). The molecule has 142 valence electrons. The summed E-state index contributed by atoms with van der Waals surface area (Å²) in [5.41, 5.74) is 2.80. The van der Waals surface area contributed by atoms with Crippen LogP contribution in [0, 0.1) is 12.7 Å². The van der Waals surface area contributed by atoms with Crippen molar-refractivity contribution in [2.75, 3.05) is 19.6 Å². The average Bonchev–Trinajstić information content (AvgIpc) is 2.68. The SMILES string of the molecule is CCNC(=O)c1ccc(C)nc1C1CCN(C(=O)c2ccc(F)cc2)CC1. The first-order chi connectivity index (χ1) is 13.0. The van der Waals surface area contributed by atoms with E-state index in [1.54, 1.807) is 4.90 Å². The number of amides is 2. The zero-order chi connectivity index (χ0) is 19.4. The molecule has 0 unspecified atom stereocenters. The van der Waals surface area contributed by atoms with Crippen molar-refractivity contribution >= 4 is 11.8 Å². The van der Waals surface area contributed by atoms with Crippen LogP contribution in [0.4, 0.5) is 4.39 Å². The highest BCUT2D eigenvalue weighted by molar-refractivity contribution is 5.95. The zero-order valence-electron chi connectivity index (χ0n) is 15.7. The number of halogens is 1. The maximum absolute atomic E-state index is 13.1.